The Labute approximate surface area is 142 Å². The number of aromatic nitrogens is 4. The molecule has 0 unspecified atom stereocenters. The number of hydrogen-bond donors (Lipinski definition) is 0. The minimum atomic E-state index is -0.690. The highest BCUT2D eigenvalue weighted by Crippen LogP contribution is 2.13. The van der Waals surface area contributed by atoms with Crippen LogP contribution in [0.25, 0.3) is 11.2 Å². The quantitative estimate of drug-likeness (QED) is 0.512. The average molecular weight is 342 g/mol. The summed E-state index contributed by atoms with van der Waals surface area (Å²) in [6.07, 6.45) is 2.33. The van der Waals surface area contributed by atoms with Crippen molar-refractivity contribution in [1.29, 1.82) is 0 Å². The molecule has 0 saturated heterocycles. The molecule has 0 radical (unpaired) electrons. The van der Waals surface area contributed by atoms with Gasteiger partial charge in [-0.25, -0.2) is 19.1 Å². The second-order valence-corrected chi connectivity index (χ2v) is 5.73. The zero-order chi connectivity index (χ0) is 18.1. The van der Waals surface area contributed by atoms with Crippen molar-refractivity contribution >= 4 is 17.1 Å². The van der Waals surface area contributed by atoms with Gasteiger partial charge in [-0.05, 0) is 24.1 Å². The Hall–Kier alpha value is -3.16. The molecule has 2 heterocycles. The van der Waals surface area contributed by atoms with E-state index in [4.69, 9.17) is 4.74 Å². The van der Waals surface area contributed by atoms with Crippen molar-refractivity contribution in [2.75, 3.05) is 0 Å². The molecule has 0 aliphatic rings. The standard InChI is InChI=1S/C17H18N4O4/c1-4-11-5-7-12(8-6-11)25-13(22)9-21-16(23)14-15(18-10-19(14)2)20(3)17(21)24/h5-8,10H,4,9H2,1-3H3. The van der Waals surface area contributed by atoms with E-state index in [-0.39, 0.29) is 11.2 Å². The maximum Gasteiger partial charge on any atom is 0.333 e. The van der Waals surface area contributed by atoms with Crippen LogP contribution in [0.1, 0.15) is 12.5 Å². The first kappa shape index (κ1) is 16.7. The summed E-state index contributed by atoms with van der Waals surface area (Å²) in [5, 5.41) is 0. The van der Waals surface area contributed by atoms with E-state index in [1.54, 1.807) is 19.2 Å². The fourth-order valence-electron chi connectivity index (χ4n) is 2.62. The van der Waals surface area contributed by atoms with Crippen LogP contribution in [0.5, 0.6) is 5.75 Å². The maximum absolute atomic E-state index is 12.5. The van der Waals surface area contributed by atoms with Gasteiger partial charge in [0.25, 0.3) is 5.56 Å². The summed E-state index contributed by atoms with van der Waals surface area (Å²) in [6, 6.07) is 7.08. The molecule has 0 atom stereocenters. The first-order valence-corrected chi connectivity index (χ1v) is 7.82. The van der Waals surface area contributed by atoms with Crippen LogP contribution < -0.4 is 16.0 Å². The Morgan fingerprint density at radius 2 is 1.84 bits per heavy atom. The predicted octanol–water partition coefficient (Wildman–Crippen LogP) is 0.602. The van der Waals surface area contributed by atoms with E-state index < -0.39 is 23.8 Å². The number of hydrogen-bond acceptors (Lipinski definition) is 5. The van der Waals surface area contributed by atoms with Gasteiger partial charge in [0, 0.05) is 14.1 Å². The summed E-state index contributed by atoms with van der Waals surface area (Å²) in [7, 11) is 3.15. The van der Waals surface area contributed by atoms with Crippen LogP contribution in [0, 0.1) is 0 Å². The zero-order valence-electron chi connectivity index (χ0n) is 14.2. The lowest BCUT2D eigenvalue weighted by atomic mass is 10.2. The summed E-state index contributed by atoms with van der Waals surface area (Å²) >= 11 is 0. The van der Waals surface area contributed by atoms with Crippen molar-refractivity contribution in [1.82, 2.24) is 18.7 Å². The minimum absolute atomic E-state index is 0.252. The van der Waals surface area contributed by atoms with Crippen molar-refractivity contribution in [2.24, 2.45) is 14.1 Å². The number of aryl methyl sites for hydroxylation is 3. The van der Waals surface area contributed by atoms with Crippen molar-refractivity contribution < 1.29 is 9.53 Å². The molecular weight excluding hydrogens is 324 g/mol. The molecule has 8 nitrogen and oxygen atoms in total. The van der Waals surface area contributed by atoms with Crippen LogP contribution in [0.15, 0.2) is 40.2 Å². The highest BCUT2D eigenvalue weighted by atomic mass is 16.5. The van der Waals surface area contributed by atoms with E-state index in [1.807, 2.05) is 19.1 Å². The van der Waals surface area contributed by atoms with Crippen LogP contribution in [0.2, 0.25) is 0 Å². The number of esters is 1. The van der Waals surface area contributed by atoms with E-state index >= 15 is 0 Å². The third-order valence-electron chi connectivity index (χ3n) is 4.05. The summed E-state index contributed by atoms with van der Waals surface area (Å²) in [4.78, 5) is 41.1. The van der Waals surface area contributed by atoms with Gasteiger partial charge in [0.2, 0.25) is 0 Å². The summed E-state index contributed by atoms with van der Waals surface area (Å²) < 4.78 is 8.83. The molecule has 0 fully saturated rings. The summed E-state index contributed by atoms with van der Waals surface area (Å²) in [5.74, 6) is -0.321. The highest BCUT2D eigenvalue weighted by Gasteiger charge is 2.17. The molecule has 0 amide bonds. The van der Waals surface area contributed by atoms with E-state index in [1.165, 1.54) is 22.5 Å². The monoisotopic (exact) mass is 342 g/mol. The molecule has 8 heteroatoms. The second kappa shape index (κ2) is 6.39. The molecule has 25 heavy (non-hydrogen) atoms. The minimum Gasteiger partial charge on any atom is -0.425 e. The second-order valence-electron chi connectivity index (χ2n) is 5.73. The van der Waals surface area contributed by atoms with Gasteiger partial charge < -0.3 is 9.30 Å². The molecule has 130 valence electrons. The fraction of sp³-hybridized carbons (Fsp3) is 0.294. The first-order valence-electron chi connectivity index (χ1n) is 7.82. The van der Waals surface area contributed by atoms with Gasteiger partial charge in [0.05, 0.1) is 6.33 Å². The third kappa shape index (κ3) is 2.98. The predicted molar refractivity (Wildman–Crippen MR) is 91.7 cm³/mol. The van der Waals surface area contributed by atoms with Gasteiger partial charge in [0.15, 0.2) is 11.2 Å². The zero-order valence-corrected chi connectivity index (χ0v) is 14.2. The largest absolute Gasteiger partial charge is 0.425 e. The molecule has 0 aliphatic heterocycles. The van der Waals surface area contributed by atoms with Crippen molar-refractivity contribution in [2.45, 2.75) is 19.9 Å². The maximum atomic E-state index is 12.5. The Kier molecular flexibility index (Phi) is 4.26. The molecular formula is C17H18N4O4. The van der Waals surface area contributed by atoms with E-state index in [2.05, 4.69) is 4.98 Å². The molecule has 0 saturated carbocycles. The van der Waals surface area contributed by atoms with Gasteiger partial charge in [-0.1, -0.05) is 19.1 Å². The lowest BCUT2D eigenvalue weighted by Gasteiger charge is -2.09. The summed E-state index contributed by atoms with van der Waals surface area (Å²) in [6.45, 7) is 1.56. The van der Waals surface area contributed by atoms with Crippen molar-refractivity contribution in [3.63, 3.8) is 0 Å². The SMILES string of the molecule is CCc1ccc(OC(=O)Cn2c(=O)c3c(ncn3C)n(C)c2=O)cc1. The lowest BCUT2D eigenvalue weighted by molar-refractivity contribution is -0.135. The van der Waals surface area contributed by atoms with E-state index in [0.717, 1.165) is 16.6 Å². The van der Waals surface area contributed by atoms with Crippen LogP contribution in [0.4, 0.5) is 0 Å². The van der Waals surface area contributed by atoms with E-state index in [0.29, 0.717) is 5.75 Å². The number of fused-ring (bicyclic) bond motifs is 1. The molecule has 0 N–H and O–H groups in total. The van der Waals surface area contributed by atoms with Gasteiger partial charge in [-0.15, -0.1) is 0 Å². The smallest absolute Gasteiger partial charge is 0.333 e. The molecule has 0 aliphatic carbocycles. The van der Waals surface area contributed by atoms with Crippen LogP contribution in [-0.4, -0.2) is 24.7 Å². The van der Waals surface area contributed by atoms with Gasteiger partial charge >= 0.3 is 11.7 Å². The normalized spacial score (nSPS) is 11.0. The van der Waals surface area contributed by atoms with Crippen LogP contribution in [-0.2, 0) is 31.9 Å². The first-order chi connectivity index (χ1) is 11.9. The molecule has 0 spiro atoms. The van der Waals surface area contributed by atoms with Gasteiger partial charge in [-0.3, -0.25) is 9.36 Å². The fourth-order valence-corrected chi connectivity index (χ4v) is 2.62. The van der Waals surface area contributed by atoms with Crippen LogP contribution in [0.3, 0.4) is 0 Å². The molecule has 2 aromatic heterocycles. The van der Waals surface area contributed by atoms with Gasteiger partial charge in [-0.2, -0.15) is 0 Å². The molecule has 3 rings (SSSR count). The number of imidazole rings is 1. The topological polar surface area (TPSA) is 88.1 Å². The third-order valence-corrected chi connectivity index (χ3v) is 4.05. The lowest BCUT2D eigenvalue weighted by Crippen LogP contribution is -2.42. The number of carbonyl (C=O) groups excluding carboxylic acids is 1. The number of benzene rings is 1. The number of nitrogens with zero attached hydrogens (tertiary/aromatic N) is 4. The summed E-state index contributed by atoms with van der Waals surface area (Å²) in [5.41, 5.74) is 0.455. The Bertz CT molecular complexity index is 1060. The number of rotatable bonds is 4. The molecule has 0 bridgehead atoms. The van der Waals surface area contributed by atoms with Crippen molar-refractivity contribution in [3.8, 4) is 5.75 Å². The van der Waals surface area contributed by atoms with Crippen molar-refractivity contribution in [3.05, 3.63) is 57.0 Å². The van der Waals surface area contributed by atoms with Crippen LogP contribution >= 0.6 is 0 Å². The van der Waals surface area contributed by atoms with E-state index in [9.17, 15) is 14.4 Å². The number of ether oxygens (including phenoxy) is 1. The molecule has 3 aromatic rings. The Morgan fingerprint density at radius 1 is 1.16 bits per heavy atom. The van der Waals surface area contributed by atoms with Gasteiger partial charge in [0.1, 0.15) is 12.3 Å². The Balaban J connectivity index is 1.92. The highest BCUT2D eigenvalue weighted by molar-refractivity contribution is 5.73. The Morgan fingerprint density at radius 3 is 2.48 bits per heavy atom. The molecule has 1 aromatic carbocycles. The number of carbonyl (C=O) groups is 1. The average Bonchev–Trinajstić information content (AvgIpc) is 2.99.